The summed E-state index contributed by atoms with van der Waals surface area (Å²) in [6.45, 7) is 2.09. The van der Waals surface area contributed by atoms with E-state index >= 15 is 0 Å². The maximum atomic E-state index is 14.3. The van der Waals surface area contributed by atoms with Crippen molar-refractivity contribution in [3.63, 3.8) is 0 Å². The summed E-state index contributed by atoms with van der Waals surface area (Å²) in [5.74, 6) is 0.500. The summed E-state index contributed by atoms with van der Waals surface area (Å²) in [4.78, 5) is 17.3. The van der Waals surface area contributed by atoms with E-state index in [-0.39, 0.29) is 30.4 Å². The fourth-order valence-corrected chi connectivity index (χ4v) is 5.08. The molecular formula is C30H36FN3O3. The molecule has 1 aliphatic heterocycles. The number of hydrogen-bond acceptors (Lipinski definition) is 4. The number of ether oxygens (including phenoxy) is 1. The van der Waals surface area contributed by atoms with Gasteiger partial charge < -0.3 is 25.0 Å². The van der Waals surface area contributed by atoms with E-state index in [0.717, 1.165) is 42.0 Å². The number of urea groups is 1. The minimum atomic E-state index is -0.250. The van der Waals surface area contributed by atoms with Crippen LogP contribution in [0.2, 0.25) is 0 Å². The summed E-state index contributed by atoms with van der Waals surface area (Å²) in [7, 11) is 3.66. The van der Waals surface area contributed by atoms with Gasteiger partial charge >= 0.3 is 6.03 Å². The van der Waals surface area contributed by atoms with E-state index in [4.69, 9.17) is 4.74 Å². The maximum Gasteiger partial charge on any atom is 0.321 e. The largest absolute Gasteiger partial charge is 0.497 e. The Morgan fingerprint density at radius 1 is 1.00 bits per heavy atom. The number of rotatable bonds is 5. The van der Waals surface area contributed by atoms with Crippen LogP contribution in [0.5, 0.6) is 5.75 Å². The zero-order chi connectivity index (χ0) is 26.2. The van der Waals surface area contributed by atoms with E-state index in [1.54, 1.807) is 19.2 Å². The summed E-state index contributed by atoms with van der Waals surface area (Å²) in [5.41, 5.74) is 3.17. The summed E-state index contributed by atoms with van der Waals surface area (Å²) >= 11 is 0. The Balaban J connectivity index is 1.53. The molecule has 4 rings (SSSR count). The molecule has 0 saturated carbocycles. The molecule has 0 aromatic heterocycles. The second-order valence-electron chi connectivity index (χ2n) is 9.58. The van der Waals surface area contributed by atoms with Gasteiger partial charge in [0, 0.05) is 36.3 Å². The Labute approximate surface area is 218 Å². The Morgan fingerprint density at radius 2 is 1.70 bits per heavy atom. The SMILES string of the molecule is COc1ccc(NC(=O)N2CCCCN(C)[C@H](CO)[C@H](c3ccc(-c4ccccc4F)cc3)CC2)cc1. The number of nitrogens with one attached hydrogen (secondary N) is 1. The quantitative estimate of drug-likeness (QED) is 0.474. The molecular weight excluding hydrogens is 469 g/mol. The molecule has 1 heterocycles. The fraction of sp³-hybridized carbons (Fsp3) is 0.367. The van der Waals surface area contributed by atoms with Crippen LogP contribution in [-0.4, -0.2) is 67.4 Å². The van der Waals surface area contributed by atoms with Gasteiger partial charge in [-0.05, 0) is 74.3 Å². The Hall–Kier alpha value is -3.42. The number of methoxy groups -OCH3 is 1. The lowest BCUT2D eigenvalue weighted by Crippen LogP contribution is -2.44. The molecule has 196 valence electrons. The minimum absolute atomic E-state index is 0.0130. The van der Waals surface area contributed by atoms with Crippen molar-refractivity contribution in [1.29, 1.82) is 0 Å². The lowest BCUT2D eigenvalue weighted by molar-refractivity contribution is 0.111. The molecule has 7 heteroatoms. The first-order valence-electron chi connectivity index (χ1n) is 12.9. The number of carbonyl (C=O) groups is 1. The Morgan fingerprint density at radius 3 is 2.38 bits per heavy atom. The lowest BCUT2D eigenvalue weighted by atomic mass is 9.86. The molecule has 2 amide bonds. The van der Waals surface area contributed by atoms with Crippen molar-refractivity contribution in [2.24, 2.45) is 0 Å². The van der Waals surface area contributed by atoms with Crippen molar-refractivity contribution in [2.75, 3.05) is 45.7 Å². The third-order valence-corrected chi connectivity index (χ3v) is 7.27. The van der Waals surface area contributed by atoms with Crippen molar-refractivity contribution < 1.29 is 19.0 Å². The Kier molecular flexibility index (Phi) is 9.14. The van der Waals surface area contributed by atoms with Crippen LogP contribution in [-0.2, 0) is 0 Å². The Bertz CT molecular complexity index is 1150. The maximum absolute atomic E-state index is 14.3. The second-order valence-corrected chi connectivity index (χ2v) is 9.58. The molecule has 0 radical (unpaired) electrons. The van der Waals surface area contributed by atoms with E-state index in [9.17, 15) is 14.3 Å². The number of aliphatic hydroxyl groups excluding tert-OH is 1. The molecule has 0 spiro atoms. The van der Waals surface area contributed by atoms with Gasteiger partial charge in [-0.15, -0.1) is 0 Å². The van der Waals surface area contributed by atoms with Gasteiger partial charge in [-0.2, -0.15) is 0 Å². The molecule has 1 aliphatic rings. The molecule has 0 bridgehead atoms. The molecule has 1 saturated heterocycles. The van der Waals surface area contributed by atoms with Gasteiger partial charge in [0.2, 0.25) is 0 Å². The number of nitrogens with zero attached hydrogens (tertiary/aromatic N) is 2. The number of aliphatic hydroxyl groups is 1. The number of halogens is 1. The number of anilines is 1. The zero-order valence-corrected chi connectivity index (χ0v) is 21.6. The van der Waals surface area contributed by atoms with Gasteiger partial charge in [-0.3, -0.25) is 0 Å². The number of amides is 2. The minimum Gasteiger partial charge on any atom is -0.497 e. The van der Waals surface area contributed by atoms with Crippen molar-refractivity contribution in [2.45, 2.75) is 31.2 Å². The molecule has 0 unspecified atom stereocenters. The third kappa shape index (κ3) is 6.67. The van der Waals surface area contributed by atoms with Crippen molar-refractivity contribution >= 4 is 11.7 Å². The molecule has 2 atom stereocenters. The first kappa shape index (κ1) is 26.6. The van der Waals surface area contributed by atoms with Crippen LogP contribution < -0.4 is 10.1 Å². The van der Waals surface area contributed by atoms with E-state index in [2.05, 4.69) is 17.3 Å². The summed E-state index contributed by atoms with van der Waals surface area (Å²) in [6, 6.07) is 21.8. The highest BCUT2D eigenvalue weighted by Gasteiger charge is 2.28. The van der Waals surface area contributed by atoms with Crippen LogP contribution in [0.1, 0.15) is 30.7 Å². The number of carbonyl (C=O) groups excluding carboxylic acids is 1. The monoisotopic (exact) mass is 505 g/mol. The van der Waals surface area contributed by atoms with Gasteiger partial charge in [0.1, 0.15) is 11.6 Å². The van der Waals surface area contributed by atoms with Crippen molar-refractivity contribution in [3.8, 4) is 16.9 Å². The molecule has 6 nitrogen and oxygen atoms in total. The van der Waals surface area contributed by atoms with Gasteiger partial charge in [-0.25, -0.2) is 9.18 Å². The smallest absolute Gasteiger partial charge is 0.321 e. The molecule has 1 fully saturated rings. The second kappa shape index (κ2) is 12.7. The first-order chi connectivity index (χ1) is 18.0. The summed E-state index contributed by atoms with van der Waals surface area (Å²) in [6.07, 6.45) is 2.52. The number of hydrogen-bond donors (Lipinski definition) is 2. The third-order valence-electron chi connectivity index (χ3n) is 7.27. The molecule has 3 aromatic carbocycles. The highest BCUT2D eigenvalue weighted by Crippen LogP contribution is 2.31. The van der Waals surface area contributed by atoms with E-state index < -0.39 is 0 Å². The fourth-order valence-electron chi connectivity index (χ4n) is 5.08. The predicted octanol–water partition coefficient (Wildman–Crippen LogP) is 5.60. The first-order valence-corrected chi connectivity index (χ1v) is 12.9. The van der Waals surface area contributed by atoms with Crippen molar-refractivity contribution in [1.82, 2.24) is 9.80 Å². The number of likely N-dealkylation sites (N-methyl/N-ethyl adjacent to an activating group) is 1. The van der Waals surface area contributed by atoms with Gasteiger partial charge in [0.15, 0.2) is 0 Å². The lowest BCUT2D eigenvalue weighted by Gasteiger charge is -2.36. The molecule has 2 N–H and O–H groups in total. The van der Waals surface area contributed by atoms with Crippen LogP contribution in [0.25, 0.3) is 11.1 Å². The van der Waals surface area contributed by atoms with Crippen LogP contribution in [0, 0.1) is 5.82 Å². The van der Waals surface area contributed by atoms with Gasteiger partial charge in [0.05, 0.1) is 13.7 Å². The van der Waals surface area contributed by atoms with E-state index in [0.29, 0.717) is 25.1 Å². The standard InChI is InChI=1S/C30H36FN3O3/c1-33-18-5-6-19-34(30(36)32-24-13-15-25(37-2)16-14-24)20-17-27(29(33)21-35)23-11-9-22(10-12-23)26-7-3-4-8-28(26)31/h3-4,7-16,27,29,35H,5-6,17-21H2,1-2H3,(H,32,36)/t27-,29+/m0/s1. The highest BCUT2D eigenvalue weighted by molar-refractivity contribution is 5.89. The van der Waals surface area contributed by atoms with Gasteiger partial charge in [-0.1, -0.05) is 42.5 Å². The summed E-state index contributed by atoms with van der Waals surface area (Å²) in [5, 5.41) is 13.4. The summed E-state index contributed by atoms with van der Waals surface area (Å²) < 4.78 is 19.5. The zero-order valence-electron chi connectivity index (χ0n) is 21.6. The van der Waals surface area contributed by atoms with E-state index in [1.807, 2.05) is 59.5 Å². The average Bonchev–Trinajstić information content (AvgIpc) is 2.92. The van der Waals surface area contributed by atoms with Crippen LogP contribution >= 0.6 is 0 Å². The molecule has 37 heavy (non-hydrogen) atoms. The van der Waals surface area contributed by atoms with Crippen molar-refractivity contribution in [3.05, 3.63) is 84.2 Å². The normalized spacial score (nSPS) is 19.3. The number of benzene rings is 3. The van der Waals surface area contributed by atoms with Gasteiger partial charge in [0.25, 0.3) is 0 Å². The predicted molar refractivity (Wildman–Crippen MR) is 146 cm³/mol. The van der Waals surface area contributed by atoms with Crippen LogP contribution in [0.3, 0.4) is 0 Å². The molecule has 3 aromatic rings. The highest BCUT2D eigenvalue weighted by atomic mass is 19.1. The van der Waals surface area contributed by atoms with Crippen LogP contribution in [0.4, 0.5) is 14.9 Å². The average molecular weight is 506 g/mol. The molecule has 0 aliphatic carbocycles. The van der Waals surface area contributed by atoms with Crippen LogP contribution in [0.15, 0.2) is 72.8 Å². The topological polar surface area (TPSA) is 65.0 Å². The van der Waals surface area contributed by atoms with E-state index in [1.165, 1.54) is 6.07 Å².